The molecule has 0 aromatic heterocycles. The van der Waals surface area contributed by atoms with Crippen LogP contribution < -0.4 is 21.7 Å². The third kappa shape index (κ3) is 8.38. The minimum absolute atomic E-state index is 0.461. The lowest BCUT2D eigenvalue weighted by molar-refractivity contribution is -0.144. The molecule has 0 saturated carbocycles. The van der Waals surface area contributed by atoms with Gasteiger partial charge in [0.1, 0.15) is 17.1 Å². The molecule has 0 aliphatic heterocycles. The van der Waals surface area contributed by atoms with Gasteiger partial charge in [0, 0.05) is 0 Å². The van der Waals surface area contributed by atoms with E-state index in [9.17, 15) is 24.3 Å². The summed E-state index contributed by atoms with van der Waals surface area (Å²) in [6, 6.07) is 53.5. The number of carboxylic acids is 1. The number of nitrogens with two attached hydrogens (primary N) is 1. The number of amides is 3. The van der Waals surface area contributed by atoms with Gasteiger partial charge in [-0.05, 0) is 33.4 Å². The van der Waals surface area contributed by atoms with Crippen LogP contribution in [0.5, 0.6) is 0 Å². The largest absolute Gasteiger partial charge is 0.480 e. The first-order valence-corrected chi connectivity index (χ1v) is 18.0. The Labute approximate surface area is 320 Å². The van der Waals surface area contributed by atoms with Crippen molar-refractivity contribution in [1.82, 2.24) is 16.0 Å². The van der Waals surface area contributed by atoms with Crippen molar-refractivity contribution in [1.29, 1.82) is 0 Å². The quantitative estimate of drug-likeness (QED) is 0.0834. The van der Waals surface area contributed by atoms with E-state index in [1.165, 1.54) is 0 Å². The van der Waals surface area contributed by atoms with Crippen molar-refractivity contribution < 1.29 is 24.3 Å². The van der Waals surface area contributed by atoms with Crippen LogP contribution in [0.4, 0.5) is 0 Å². The second kappa shape index (κ2) is 17.3. The monoisotopic (exact) mass is 730 g/mol. The third-order valence-corrected chi connectivity index (χ3v) is 9.64. The fourth-order valence-electron chi connectivity index (χ4n) is 7.04. The van der Waals surface area contributed by atoms with E-state index in [1.54, 1.807) is 0 Å². The molecule has 9 heteroatoms. The average Bonchev–Trinajstić information content (AvgIpc) is 3.23. The molecule has 6 rings (SSSR count). The molecule has 6 aromatic rings. The SMILES string of the molecule is N[C@@H](CC(=O)NC(c1ccccc1)(c1ccccc1)c1ccccc1)C(=O)N[C@@H](CC(=O)NC(c1ccccc1)(c1ccccc1)c1ccccc1)C(=O)O. The fraction of sp³-hybridized carbons (Fsp3) is 0.130. The number of nitrogens with one attached hydrogen (secondary N) is 3. The maximum absolute atomic E-state index is 14.0. The molecule has 0 fully saturated rings. The molecule has 6 N–H and O–H groups in total. The third-order valence-electron chi connectivity index (χ3n) is 9.64. The zero-order chi connectivity index (χ0) is 38.7. The van der Waals surface area contributed by atoms with Crippen LogP contribution in [-0.4, -0.2) is 40.9 Å². The van der Waals surface area contributed by atoms with Crippen molar-refractivity contribution in [3.8, 4) is 0 Å². The first-order valence-electron chi connectivity index (χ1n) is 18.0. The lowest BCUT2D eigenvalue weighted by atomic mass is 9.77. The Bertz CT molecular complexity index is 1990. The number of aliphatic carboxylic acids is 1. The van der Waals surface area contributed by atoms with Crippen LogP contribution in [0.25, 0.3) is 0 Å². The average molecular weight is 731 g/mol. The molecule has 0 heterocycles. The van der Waals surface area contributed by atoms with E-state index in [1.807, 2.05) is 182 Å². The number of carbonyl (C=O) groups excluding carboxylic acids is 3. The van der Waals surface area contributed by atoms with Crippen LogP contribution in [0.3, 0.4) is 0 Å². The highest BCUT2D eigenvalue weighted by Crippen LogP contribution is 2.38. The number of carboxylic acid groups (broad SMARTS) is 1. The van der Waals surface area contributed by atoms with Crippen molar-refractivity contribution in [2.75, 3.05) is 0 Å². The number of hydrogen-bond acceptors (Lipinski definition) is 5. The highest BCUT2D eigenvalue weighted by atomic mass is 16.4. The summed E-state index contributed by atoms with van der Waals surface area (Å²) in [5.41, 5.74) is 8.58. The Hall–Kier alpha value is -6.84. The summed E-state index contributed by atoms with van der Waals surface area (Å²) in [5.74, 6) is -3.49. The number of carbonyl (C=O) groups is 4. The predicted octanol–water partition coefficient (Wildman–Crippen LogP) is 5.88. The normalized spacial score (nSPS) is 12.5. The second-order valence-corrected chi connectivity index (χ2v) is 13.2. The predicted molar refractivity (Wildman–Crippen MR) is 211 cm³/mol. The van der Waals surface area contributed by atoms with E-state index < -0.39 is 59.7 Å². The van der Waals surface area contributed by atoms with E-state index in [-0.39, 0.29) is 0 Å². The molecule has 0 aliphatic rings. The summed E-state index contributed by atoms with van der Waals surface area (Å²) in [7, 11) is 0. The van der Waals surface area contributed by atoms with Gasteiger partial charge in [-0.25, -0.2) is 4.79 Å². The fourth-order valence-corrected chi connectivity index (χ4v) is 7.04. The van der Waals surface area contributed by atoms with Gasteiger partial charge in [-0.15, -0.1) is 0 Å². The Balaban J connectivity index is 1.22. The first-order chi connectivity index (χ1) is 26.7. The summed E-state index contributed by atoms with van der Waals surface area (Å²) >= 11 is 0. The van der Waals surface area contributed by atoms with Crippen LogP contribution in [0.1, 0.15) is 46.2 Å². The van der Waals surface area contributed by atoms with Gasteiger partial charge < -0.3 is 26.8 Å². The van der Waals surface area contributed by atoms with Gasteiger partial charge in [0.15, 0.2) is 0 Å². The van der Waals surface area contributed by atoms with Crippen LogP contribution in [-0.2, 0) is 30.3 Å². The molecule has 3 amide bonds. The zero-order valence-electron chi connectivity index (χ0n) is 30.0. The van der Waals surface area contributed by atoms with Gasteiger partial charge in [0.05, 0.1) is 18.9 Å². The van der Waals surface area contributed by atoms with Crippen molar-refractivity contribution >= 4 is 23.7 Å². The Morgan fingerprint density at radius 2 is 0.709 bits per heavy atom. The van der Waals surface area contributed by atoms with Crippen LogP contribution >= 0.6 is 0 Å². The minimum atomic E-state index is -1.64. The Kier molecular flexibility index (Phi) is 11.9. The van der Waals surface area contributed by atoms with Gasteiger partial charge in [-0.1, -0.05) is 182 Å². The Morgan fingerprint density at radius 3 is 0.964 bits per heavy atom. The van der Waals surface area contributed by atoms with Gasteiger partial charge in [0.2, 0.25) is 17.7 Å². The molecule has 276 valence electrons. The van der Waals surface area contributed by atoms with E-state index in [0.29, 0.717) is 0 Å². The van der Waals surface area contributed by atoms with E-state index in [4.69, 9.17) is 5.73 Å². The van der Waals surface area contributed by atoms with Gasteiger partial charge in [-0.2, -0.15) is 0 Å². The van der Waals surface area contributed by atoms with E-state index in [0.717, 1.165) is 33.4 Å². The van der Waals surface area contributed by atoms with Gasteiger partial charge in [0.25, 0.3) is 0 Å². The highest BCUT2D eigenvalue weighted by molar-refractivity contribution is 5.93. The van der Waals surface area contributed by atoms with Crippen LogP contribution in [0, 0.1) is 0 Å². The van der Waals surface area contributed by atoms with Crippen molar-refractivity contribution in [3.05, 3.63) is 215 Å². The van der Waals surface area contributed by atoms with E-state index in [2.05, 4.69) is 16.0 Å². The number of hydrogen-bond donors (Lipinski definition) is 5. The first kappa shape index (κ1) is 37.9. The molecule has 55 heavy (non-hydrogen) atoms. The molecule has 6 aromatic carbocycles. The summed E-state index contributed by atoms with van der Waals surface area (Å²) < 4.78 is 0. The van der Waals surface area contributed by atoms with Crippen molar-refractivity contribution in [3.63, 3.8) is 0 Å². The topological polar surface area (TPSA) is 151 Å². The van der Waals surface area contributed by atoms with Crippen molar-refractivity contribution in [2.24, 2.45) is 5.73 Å². The van der Waals surface area contributed by atoms with E-state index >= 15 is 0 Å². The smallest absolute Gasteiger partial charge is 0.326 e. The Morgan fingerprint density at radius 1 is 0.455 bits per heavy atom. The summed E-state index contributed by atoms with van der Waals surface area (Å²) in [6.07, 6.45) is -1.06. The number of benzene rings is 6. The molecule has 0 radical (unpaired) electrons. The standard InChI is InChI=1S/C46H42N4O5/c47-39(31-41(51)49-45(33-19-7-1-8-20-33,34-21-9-2-10-22-34)35-23-11-3-12-24-35)43(53)48-40(44(54)55)32-42(52)50-46(36-25-13-4-14-26-36,37-27-15-5-16-28-37)38-29-17-6-18-30-38/h1-30,39-40H,31-32,47H2,(H,48,53)(H,49,51)(H,50,52)(H,54,55)/t39-,40-/m0/s1. The molecule has 9 nitrogen and oxygen atoms in total. The van der Waals surface area contributed by atoms with Crippen molar-refractivity contribution in [2.45, 2.75) is 36.0 Å². The molecule has 0 spiro atoms. The zero-order valence-corrected chi connectivity index (χ0v) is 30.0. The van der Waals surface area contributed by atoms with Gasteiger partial charge in [-0.3, -0.25) is 14.4 Å². The minimum Gasteiger partial charge on any atom is -0.480 e. The van der Waals surface area contributed by atoms with Crippen LogP contribution in [0.15, 0.2) is 182 Å². The summed E-state index contributed by atoms with van der Waals surface area (Å²) in [4.78, 5) is 53.9. The molecule has 0 bridgehead atoms. The second-order valence-electron chi connectivity index (χ2n) is 13.2. The highest BCUT2D eigenvalue weighted by Gasteiger charge is 2.40. The summed E-state index contributed by atoms with van der Waals surface area (Å²) in [5, 5.41) is 18.9. The molecule has 0 aliphatic carbocycles. The molecule has 2 atom stereocenters. The molecule has 0 saturated heterocycles. The number of rotatable bonds is 15. The summed E-state index contributed by atoms with van der Waals surface area (Å²) in [6.45, 7) is 0. The van der Waals surface area contributed by atoms with Crippen LogP contribution in [0.2, 0.25) is 0 Å². The maximum atomic E-state index is 14.0. The molecule has 0 unspecified atom stereocenters. The lowest BCUT2D eigenvalue weighted by Crippen LogP contribution is -2.54. The van der Waals surface area contributed by atoms with Gasteiger partial charge >= 0.3 is 5.97 Å². The lowest BCUT2D eigenvalue weighted by Gasteiger charge is -2.37. The molecular weight excluding hydrogens is 689 g/mol. The maximum Gasteiger partial charge on any atom is 0.326 e. The molecular formula is C46H42N4O5.